The minimum atomic E-state index is -0.292. The molecule has 0 saturated carbocycles. The minimum absolute atomic E-state index is 0.292. The molecular formula is C11H18N2O2S. The number of ether oxygens (including phenoxy) is 1. The highest BCUT2D eigenvalue weighted by Gasteiger charge is 2.13. The lowest BCUT2D eigenvalue weighted by Gasteiger charge is -2.07. The first-order chi connectivity index (χ1) is 7.69. The van der Waals surface area contributed by atoms with Crippen molar-refractivity contribution in [3.05, 3.63) is 18.0 Å². The van der Waals surface area contributed by atoms with Crippen LogP contribution in [0.5, 0.6) is 0 Å². The van der Waals surface area contributed by atoms with Gasteiger partial charge in [0.1, 0.15) is 12.3 Å². The number of anilines is 1. The molecule has 0 amide bonds. The van der Waals surface area contributed by atoms with Crippen LogP contribution in [0.2, 0.25) is 0 Å². The number of hydrogen-bond acceptors (Lipinski definition) is 4. The zero-order valence-corrected chi connectivity index (χ0v) is 10.5. The topological polar surface area (TPSA) is 57.2 Å². The second-order valence-corrected chi connectivity index (χ2v) is 4.47. The Bertz CT molecular complexity index is 350. The van der Waals surface area contributed by atoms with E-state index in [9.17, 15) is 4.79 Å². The van der Waals surface area contributed by atoms with Gasteiger partial charge in [-0.05, 0) is 18.7 Å². The maximum Gasteiger partial charge on any atom is 0.355 e. The Hall–Kier alpha value is -1.10. The van der Waals surface area contributed by atoms with Gasteiger partial charge in [0, 0.05) is 18.5 Å². The molecule has 1 aromatic heterocycles. The Morgan fingerprint density at radius 1 is 1.62 bits per heavy atom. The Balaban J connectivity index is 2.66. The van der Waals surface area contributed by atoms with Gasteiger partial charge in [-0.25, -0.2) is 4.79 Å². The molecule has 1 heterocycles. The fraction of sp³-hybridized carbons (Fsp3) is 0.545. The fourth-order valence-electron chi connectivity index (χ4n) is 1.42. The molecule has 0 unspecified atom stereocenters. The zero-order chi connectivity index (χ0) is 12.0. The van der Waals surface area contributed by atoms with E-state index >= 15 is 0 Å². The monoisotopic (exact) mass is 242 g/mol. The number of hydrogen-bond donors (Lipinski definition) is 1. The highest BCUT2D eigenvalue weighted by molar-refractivity contribution is 7.98. The van der Waals surface area contributed by atoms with Gasteiger partial charge in [-0.3, -0.25) is 0 Å². The molecule has 0 aliphatic heterocycles. The summed E-state index contributed by atoms with van der Waals surface area (Å²) in [5.74, 6) is 0.523. The highest BCUT2D eigenvalue weighted by Crippen LogP contribution is 2.12. The number of aryl methyl sites for hydroxylation is 1. The molecule has 1 rings (SSSR count). The van der Waals surface area contributed by atoms with Gasteiger partial charge in [0.15, 0.2) is 0 Å². The second-order valence-electron chi connectivity index (χ2n) is 3.48. The third-order valence-corrected chi connectivity index (χ3v) is 2.69. The van der Waals surface area contributed by atoms with Gasteiger partial charge >= 0.3 is 5.97 Å². The lowest BCUT2D eigenvalue weighted by Crippen LogP contribution is -2.13. The predicted octanol–water partition coefficient (Wildman–Crippen LogP) is 2.00. The van der Waals surface area contributed by atoms with E-state index in [1.165, 1.54) is 0 Å². The molecule has 16 heavy (non-hydrogen) atoms. The molecule has 0 atom stereocenters. The fourth-order valence-corrected chi connectivity index (χ4v) is 1.67. The Morgan fingerprint density at radius 2 is 2.38 bits per heavy atom. The molecule has 0 saturated heterocycles. The van der Waals surface area contributed by atoms with Crippen LogP contribution in [0, 0.1) is 0 Å². The molecular weight excluding hydrogens is 224 g/mol. The summed E-state index contributed by atoms with van der Waals surface area (Å²) in [7, 11) is 0. The number of nitrogens with two attached hydrogens (primary N) is 1. The van der Waals surface area contributed by atoms with Crippen molar-refractivity contribution in [2.24, 2.45) is 0 Å². The van der Waals surface area contributed by atoms with E-state index in [0.29, 0.717) is 18.0 Å². The quantitative estimate of drug-likeness (QED) is 0.612. The van der Waals surface area contributed by atoms with Crippen LogP contribution in [0.15, 0.2) is 12.3 Å². The first-order valence-corrected chi connectivity index (χ1v) is 6.70. The summed E-state index contributed by atoms with van der Waals surface area (Å²) in [6.07, 6.45) is 4.71. The Kier molecular flexibility index (Phi) is 5.25. The molecule has 0 fully saturated rings. The van der Waals surface area contributed by atoms with E-state index in [4.69, 9.17) is 10.5 Å². The van der Waals surface area contributed by atoms with Gasteiger partial charge in [0.05, 0.1) is 5.69 Å². The van der Waals surface area contributed by atoms with Crippen LogP contribution in [-0.2, 0) is 11.3 Å². The average molecular weight is 242 g/mol. The van der Waals surface area contributed by atoms with E-state index in [1.54, 1.807) is 24.0 Å². The summed E-state index contributed by atoms with van der Waals surface area (Å²) in [5, 5.41) is 0. The SMILES string of the molecule is CCCn1cc(N)cc1C(=O)OCCSC. The van der Waals surface area contributed by atoms with Gasteiger partial charge in [0.2, 0.25) is 0 Å². The van der Waals surface area contributed by atoms with Gasteiger partial charge in [0.25, 0.3) is 0 Å². The number of nitrogen functional groups attached to an aromatic ring is 1. The minimum Gasteiger partial charge on any atom is -0.460 e. The van der Waals surface area contributed by atoms with Crippen LogP contribution >= 0.6 is 11.8 Å². The predicted molar refractivity (Wildman–Crippen MR) is 67.8 cm³/mol. The van der Waals surface area contributed by atoms with Crippen molar-refractivity contribution >= 4 is 23.4 Å². The molecule has 0 spiro atoms. The third-order valence-electron chi connectivity index (χ3n) is 2.11. The van der Waals surface area contributed by atoms with E-state index in [2.05, 4.69) is 6.92 Å². The maximum absolute atomic E-state index is 11.7. The van der Waals surface area contributed by atoms with E-state index in [-0.39, 0.29) is 5.97 Å². The van der Waals surface area contributed by atoms with Gasteiger partial charge in [-0.1, -0.05) is 6.92 Å². The van der Waals surface area contributed by atoms with Crippen LogP contribution in [-0.4, -0.2) is 29.2 Å². The van der Waals surface area contributed by atoms with E-state index in [1.807, 2.05) is 10.8 Å². The van der Waals surface area contributed by atoms with E-state index < -0.39 is 0 Å². The standard InChI is InChI=1S/C11H18N2O2S/c1-3-4-13-8-9(12)7-10(13)11(14)15-5-6-16-2/h7-8H,3-6,12H2,1-2H3. The highest BCUT2D eigenvalue weighted by atomic mass is 32.2. The number of carbonyl (C=O) groups excluding carboxylic acids is 1. The molecule has 0 radical (unpaired) electrons. The van der Waals surface area contributed by atoms with Crippen LogP contribution < -0.4 is 5.73 Å². The van der Waals surface area contributed by atoms with Crippen molar-refractivity contribution in [3.8, 4) is 0 Å². The van der Waals surface area contributed by atoms with Gasteiger partial charge in [-0.2, -0.15) is 11.8 Å². The second kappa shape index (κ2) is 6.48. The normalized spacial score (nSPS) is 10.4. The van der Waals surface area contributed by atoms with Crippen LogP contribution in [0.4, 0.5) is 5.69 Å². The molecule has 2 N–H and O–H groups in total. The number of rotatable bonds is 6. The summed E-state index contributed by atoms with van der Waals surface area (Å²) in [6, 6.07) is 1.66. The summed E-state index contributed by atoms with van der Waals surface area (Å²) < 4.78 is 6.98. The van der Waals surface area contributed by atoms with Crippen molar-refractivity contribution < 1.29 is 9.53 Å². The third kappa shape index (κ3) is 3.48. The summed E-state index contributed by atoms with van der Waals surface area (Å²) in [5.41, 5.74) is 6.81. The smallest absolute Gasteiger partial charge is 0.355 e. The van der Waals surface area contributed by atoms with Crippen molar-refractivity contribution in [2.45, 2.75) is 19.9 Å². The molecule has 4 nitrogen and oxygen atoms in total. The van der Waals surface area contributed by atoms with Crippen molar-refractivity contribution in [1.82, 2.24) is 4.57 Å². The van der Waals surface area contributed by atoms with Crippen LogP contribution in [0.1, 0.15) is 23.8 Å². The maximum atomic E-state index is 11.7. The first kappa shape index (κ1) is 13.0. The molecule has 0 aliphatic carbocycles. The Labute approximate surface area is 100 Å². The van der Waals surface area contributed by atoms with Gasteiger partial charge in [-0.15, -0.1) is 0 Å². The number of nitrogens with zero attached hydrogens (tertiary/aromatic N) is 1. The summed E-state index contributed by atoms with van der Waals surface area (Å²) in [6.45, 7) is 3.28. The van der Waals surface area contributed by atoms with Crippen molar-refractivity contribution in [1.29, 1.82) is 0 Å². The average Bonchev–Trinajstić information content (AvgIpc) is 2.60. The molecule has 0 aliphatic rings. The summed E-state index contributed by atoms with van der Waals surface area (Å²) >= 11 is 1.65. The number of carbonyl (C=O) groups is 1. The number of esters is 1. The number of aromatic nitrogens is 1. The lowest BCUT2D eigenvalue weighted by atomic mass is 10.4. The molecule has 1 aromatic rings. The molecule has 0 bridgehead atoms. The Morgan fingerprint density at radius 3 is 3.00 bits per heavy atom. The molecule has 5 heteroatoms. The largest absolute Gasteiger partial charge is 0.460 e. The first-order valence-electron chi connectivity index (χ1n) is 5.30. The molecule has 0 aromatic carbocycles. The lowest BCUT2D eigenvalue weighted by molar-refractivity contribution is 0.0518. The van der Waals surface area contributed by atoms with Crippen LogP contribution in [0.3, 0.4) is 0 Å². The van der Waals surface area contributed by atoms with Crippen molar-refractivity contribution in [2.75, 3.05) is 24.3 Å². The van der Waals surface area contributed by atoms with Crippen LogP contribution in [0.25, 0.3) is 0 Å². The number of thioether (sulfide) groups is 1. The van der Waals surface area contributed by atoms with Gasteiger partial charge < -0.3 is 15.0 Å². The molecule has 90 valence electrons. The van der Waals surface area contributed by atoms with E-state index in [0.717, 1.165) is 18.7 Å². The zero-order valence-electron chi connectivity index (χ0n) is 9.73. The summed E-state index contributed by atoms with van der Waals surface area (Å²) in [4.78, 5) is 11.7. The van der Waals surface area contributed by atoms with Crippen molar-refractivity contribution in [3.63, 3.8) is 0 Å².